The summed E-state index contributed by atoms with van der Waals surface area (Å²) in [7, 11) is 1.61. The van der Waals surface area contributed by atoms with Gasteiger partial charge in [-0.15, -0.1) is 0 Å². The fourth-order valence-corrected chi connectivity index (χ4v) is 1.15. The van der Waals surface area contributed by atoms with Crippen molar-refractivity contribution in [1.82, 2.24) is 0 Å². The molecule has 0 bridgehead atoms. The van der Waals surface area contributed by atoms with Crippen LogP contribution in [0, 0.1) is 0 Å². The van der Waals surface area contributed by atoms with Crippen LogP contribution in [-0.4, -0.2) is 24.4 Å². The van der Waals surface area contributed by atoms with Crippen LogP contribution in [0.2, 0.25) is 0 Å². The quantitative estimate of drug-likeness (QED) is 0.752. The van der Waals surface area contributed by atoms with Gasteiger partial charge in [0.2, 0.25) is 0 Å². The average molecular weight is 208 g/mol. The zero-order valence-corrected chi connectivity index (χ0v) is 9.01. The summed E-state index contributed by atoms with van der Waals surface area (Å²) in [6.07, 6.45) is 0.609. The van der Waals surface area contributed by atoms with Gasteiger partial charge < -0.3 is 14.6 Å². The maximum absolute atomic E-state index is 9.35. The summed E-state index contributed by atoms with van der Waals surface area (Å²) in [4.78, 5) is 0. The van der Waals surface area contributed by atoms with Crippen LogP contribution < -0.4 is 9.47 Å². The van der Waals surface area contributed by atoms with Gasteiger partial charge in [-0.25, -0.2) is 0 Å². The van der Waals surface area contributed by atoms with Crippen molar-refractivity contribution in [3.8, 4) is 11.5 Å². The van der Waals surface area contributed by atoms with Crippen LogP contribution in [0.15, 0.2) is 36.9 Å². The van der Waals surface area contributed by atoms with Crippen molar-refractivity contribution in [2.45, 2.75) is 19.1 Å². The van der Waals surface area contributed by atoms with E-state index in [1.807, 2.05) is 0 Å². The Bertz CT molecular complexity index is 303. The zero-order valence-electron chi connectivity index (χ0n) is 9.01. The van der Waals surface area contributed by atoms with Gasteiger partial charge in [-0.05, 0) is 37.3 Å². The van der Waals surface area contributed by atoms with Crippen LogP contribution in [0.4, 0.5) is 0 Å². The predicted octanol–water partition coefficient (Wildman–Crippen LogP) is 2.01. The van der Waals surface area contributed by atoms with Gasteiger partial charge in [-0.2, -0.15) is 0 Å². The van der Waals surface area contributed by atoms with E-state index in [9.17, 15) is 5.11 Å². The van der Waals surface area contributed by atoms with Gasteiger partial charge >= 0.3 is 0 Å². The first kappa shape index (κ1) is 11.6. The van der Waals surface area contributed by atoms with E-state index in [1.165, 1.54) is 0 Å². The number of ether oxygens (including phenoxy) is 2. The Labute approximate surface area is 90.0 Å². The number of aliphatic hydroxyl groups is 1. The van der Waals surface area contributed by atoms with Crippen molar-refractivity contribution >= 4 is 0 Å². The Morgan fingerprint density at radius 2 is 1.80 bits per heavy atom. The number of methoxy groups -OCH3 is 1. The molecule has 1 aromatic carbocycles. The normalized spacial score (nSPS) is 14.1. The second-order valence-corrected chi connectivity index (χ2v) is 3.23. The van der Waals surface area contributed by atoms with Crippen molar-refractivity contribution in [1.29, 1.82) is 0 Å². The fourth-order valence-electron chi connectivity index (χ4n) is 1.15. The van der Waals surface area contributed by atoms with E-state index in [0.29, 0.717) is 5.75 Å². The lowest BCUT2D eigenvalue weighted by atomic mass is 10.2. The van der Waals surface area contributed by atoms with Crippen LogP contribution >= 0.6 is 0 Å². The molecule has 2 atom stereocenters. The van der Waals surface area contributed by atoms with Crippen molar-refractivity contribution in [3.63, 3.8) is 0 Å². The summed E-state index contributed by atoms with van der Waals surface area (Å²) >= 11 is 0. The average Bonchev–Trinajstić information content (AvgIpc) is 2.26. The van der Waals surface area contributed by atoms with Gasteiger partial charge in [0.15, 0.2) is 0 Å². The molecule has 0 heterocycles. The third-order valence-corrected chi connectivity index (χ3v) is 2.04. The van der Waals surface area contributed by atoms with E-state index < -0.39 is 12.2 Å². The molecule has 0 fully saturated rings. The molecular weight excluding hydrogens is 192 g/mol. The molecular formula is C12H16O3. The summed E-state index contributed by atoms with van der Waals surface area (Å²) in [5, 5.41) is 9.35. The van der Waals surface area contributed by atoms with E-state index in [0.717, 1.165) is 5.75 Å². The first-order valence-electron chi connectivity index (χ1n) is 4.78. The molecule has 0 unspecified atom stereocenters. The topological polar surface area (TPSA) is 38.7 Å². The minimum Gasteiger partial charge on any atom is -0.497 e. The van der Waals surface area contributed by atoms with E-state index >= 15 is 0 Å². The molecule has 82 valence electrons. The summed E-state index contributed by atoms with van der Waals surface area (Å²) in [5.41, 5.74) is 0. The Balaban J connectivity index is 2.67. The van der Waals surface area contributed by atoms with E-state index in [1.54, 1.807) is 44.4 Å². The van der Waals surface area contributed by atoms with Crippen molar-refractivity contribution < 1.29 is 14.6 Å². The lowest BCUT2D eigenvalue weighted by molar-refractivity contribution is 0.0778. The Morgan fingerprint density at radius 1 is 1.27 bits per heavy atom. The summed E-state index contributed by atoms with van der Waals surface area (Å²) in [5.74, 6) is 1.45. The fraction of sp³-hybridized carbons (Fsp3) is 0.333. The number of hydrogen-bond donors (Lipinski definition) is 1. The molecule has 0 saturated carbocycles. The molecule has 3 heteroatoms. The molecule has 0 aromatic heterocycles. The second kappa shape index (κ2) is 5.41. The maximum atomic E-state index is 9.35. The van der Waals surface area contributed by atoms with Gasteiger partial charge in [0.25, 0.3) is 0 Å². The summed E-state index contributed by atoms with van der Waals surface area (Å²) in [6.45, 7) is 5.27. The van der Waals surface area contributed by atoms with Gasteiger partial charge in [0.1, 0.15) is 17.6 Å². The Kier molecular flexibility index (Phi) is 4.18. The molecule has 1 rings (SSSR count). The number of benzene rings is 1. The minimum absolute atomic E-state index is 0.390. The van der Waals surface area contributed by atoms with E-state index in [-0.39, 0.29) is 0 Å². The van der Waals surface area contributed by atoms with E-state index in [4.69, 9.17) is 9.47 Å². The molecule has 15 heavy (non-hydrogen) atoms. The highest BCUT2D eigenvalue weighted by molar-refractivity contribution is 5.31. The molecule has 0 aliphatic rings. The van der Waals surface area contributed by atoms with Crippen LogP contribution in [0.3, 0.4) is 0 Å². The third-order valence-electron chi connectivity index (χ3n) is 2.04. The molecule has 0 radical (unpaired) electrons. The minimum atomic E-state index is -0.579. The largest absolute Gasteiger partial charge is 0.497 e. The van der Waals surface area contributed by atoms with Crippen LogP contribution in [-0.2, 0) is 0 Å². The third kappa shape index (κ3) is 3.29. The summed E-state index contributed by atoms with van der Waals surface area (Å²) in [6, 6.07) is 7.18. The SMILES string of the molecule is C=C[C@H](Oc1ccc(OC)cc1)[C@H](C)O. The summed E-state index contributed by atoms with van der Waals surface area (Å²) < 4.78 is 10.5. The van der Waals surface area contributed by atoms with Crippen LogP contribution in [0.1, 0.15) is 6.92 Å². The van der Waals surface area contributed by atoms with Gasteiger partial charge in [0, 0.05) is 0 Å². The predicted molar refractivity (Wildman–Crippen MR) is 59.3 cm³/mol. The molecule has 1 aromatic rings. The second-order valence-electron chi connectivity index (χ2n) is 3.23. The number of hydrogen-bond acceptors (Lipinski definition) is 3. The molecule has 0 spiro atoms. The highest BCUT2D eigenvalue weighted by atomic mass is 16.5. The molecule has 0 aliphatic heterocycles. The first-order valence-corrected chi connectivity index (χ1v) is 4.78. The standard InChI is InChI=1S/C12H16O3/c1-4-12(9(2)13)15-11-7-5-10(14-3)6-8-11/h4-9,12-13H,1H2,2-3H3/t9-,12-/m0/s1. The maximum Gasteiger partial charge on any atom is 0.142 e. The molecule has 0 aliphatic carbocycles. The van der Waals surface area contributed by atoms with Crippen LogP contribution in [0.5, 0.6) is 11.5 Å². The Hall–Kier alpha value is -1.48. The molecule has 3 nitrogen and oxygen atoms in total. The first-order chi connectivity index (χ1) is 7.17. The smallest absolute Gasteiger partial charge is 0.142 e. The number of aliphatic hydroxyl groups excluding tert-OH is 1. The van der Waals surface area contributed by atoms with Crippen LogP contribution in [0.25, 0.3) is 0 Å². The van der Waals surface area contributed by atoms with Gasteiger partial charge in [-0.3, -0.25) is 0 Å². The van der Waals surface area contributed by atoms with Crippen molar-refractivity contribution in [2.75, 3.05) is 7.11 Å². The molecule has 0 amide bonds. The number of rotatable bonds is 5. The van der Waals surface area contributed by atoms with E-state index in [2.05, 4.69) is 6.58 Å². The lowest BCUT2D eigenvalue weighted by Crippen LogP contribution is -2.26. The monoisotopic (exact) mass is 208 g/mol. The highest BCUT2D eigenvalue weighted by Crippen LogP contribution is 2.19. The molecule has 0 saturated heterocycles. The highest BCUT2D eigenvalue weighted by Gasteiger charge is 2.12. The molecule has 1 N–H and O–H groups in total. The van der Waals surface area contributed by atoms with Crippen molar-refractivity contribution in [2.24, 2.45) is 0 Å². The van der Waals surface area contributed by atoms with Gasteiger partial charge in [-0.1, -0.05) is 6.58 Å². The Morgan fingerprint density at radius 3 is 2.20 bits per heavy atom. The lowest BCUT2D eigenvalue weighted by Gasteiger charge is -2.18. The van der Waals surface area contributed by atoms with Crippen molar-refractivity contribution in [3.05, 3.63) is 36.9 Å². The van der Waals surface area contributed by atoms with Gasteiger partial charge in [0.05, 0.1) is 13.2 Å². The zero-order chi connectivity index (χ0) is 11.3.